The Hall–Kier alpha value is 0.648. The summed E-state index contributed by atoms with van der Waals surface area (Å²) in [5.41, 5.74) is 7.46. The molecule has 1 fully saturated rings. The second kappa shape index (κ2) is 4.51. The first kappa shape index (κ1) is 10.6. The predicted molar refractivity (Wildman–Crippen MR) is 40.3 cm³/mol. The van der Waals surface area contributed by atoms with Gasteiger partial charge < -0.3 is 5.73 Å². The molecule has 60 valence electrons. The van der Waals surface area contributed by atoms with Gasteiger partial charge in [-0.05, 0) is 11.8 Å². The van der Waals surface area contributed by atoms with Gasteiger partial charge in [-0.2, -0.15) is 0 Å². The molecule has 1 aliphatic rings. The first-order chi connectivity index (χ1) is 4.20. The quantitative estimate of drug-likeness (QED) is 0.711. The van der Waals surface area contributed by atoms with Crippen LogP contribution in [-0.2, 0) is 21.1 Å². The Bertz CT molecular complexity index is 93.3. The minimum Gasteiger partial charge on any atom is -0.675 e. The van der Waals surface area contributed by atoms with Gasteiger partial charge in [0.05, 0.1) is 0 Å². The van der Waals surface area contributed by atoms with Gasteiger partial charge in [0.1, 0.15) is 0 Å². The van der Waals surface area contributed by atoms with Crippen LogP contribution in [0.4, 0.5) is 0 Å². The van der Waals surface area contributed by atoms with Crippen LogP contribution in [0.1, 0.15) is 33.1 Å². The molecule has 1 rings (SSSR count). The van der Waals surface area contributed by atoms with Crippen molar-refractivity contribution in [2.45, 2.75) is 39.2 Å². The Morgan fingerprint density at radius 1 is 1.30 bits per heavy atom. The molecule has 1 nitrogen and oxygen atoms in total. The molecule has 0 saturated heterocycles. The number of hydrogen-bond donors (Lipinski definition) is 0. The third-order valence-electron chi connectivity index (χ3n) is 2.42. The van der Waals surface area contributed by atoms with Gasteiger partial charge >= 0.3 is 0 Å². The smallest absolute Gasteiger partial charge is 0 e. The van der Waals surface area contributed by atoms with E-state index in [0.29, 0.717) is 0 Å². The van der Waals surface area contributed by atoms with Gasteiger partial charge in [-0.1, -0.05) is 33.1 Å². The van der Waals surface area contributed by atoms with Gasteiger partial charge in [-0.25, -0.2) is 0 Å². The fourth-order valence-electron chi connectivity index (χ4n) is 1.62. The topological polar surface area (TPSA) is 23.8 Å². The summed E-state index contributed by atoms with van der Waals surface area (Å²) in [6, 6.07) is 0.261. The summed E-state index contributed by atoms with van der Waals surface area (Å²) in [6.07, 6.45) is 3.59. The molecule has 2 atom stereocenters. The first-order valence-corrected chi connectivity index (χ1v) is 3.91. The third-order valence-corrected chi connectivity index (χ3v) is 2.42. The van der Waals surface area contributed by atoms with Crippen molar-refractivity contribution in [1.82, 2.24) is 0 Å². The molecule has 2 heteroatoms. The van der Waals surface area contributed by atoms with Gasteiger partial charge in [0.25, 0.3) is 0 Å². The van der Waals surface area contributed by atoms with Crippen LogP contribution < -0.4 is 0 Å². The van der Waals surface area contributed by atoms with E-state index in [2.05, 4.69) is 13.8 Å². The molecule has 2 unspecified atom stereocenters. The molecular formula is C8H16NW-. The van der Waals surface area contributed by atoms with Crippen LogP contribution in [0, 0.1) is 11.8 Å². The van der Waals surface area contributed by atoms with Crippen LogP contribution in [-0.4, -0.2) is 6.04 Å². The van der Waals surface area contributed by atoms with E-state index in [9.17, 15) is 0 Å². The standard InChI is InChI=1S/C8H16N.W/c1-6(2)7-3-4-8(9)5-7;/h6-9H,3-5H2,1-2H3;/q-1;. The van der Waals surface area contributed by atoms with E-state index >= 15 is 0 Å². The van der Waals surface area contributed by atoms with Crippen LogP contribution in [0.5, 0.6) is 0 Å². The minimum atomic E-state index is 0. The van der Waals surface area contributed by atoms with Gasteiger partial charge in [0.15, 0.2) is 0 Å². The Balaban J connectivity index is 0.000000810. The Kier molecular flexibility index (Phi) is 4.80. The fourth-order valence-corrected chi connectivity index (χ4v) is 1.62. The van der Waals surface area contributed by atoms with Crippen LogP contribution >= 0.6 is 0 Å². The molecular weight excluding hydrogens is 294 g/mol. The van der Waals surface area contributed by atoms with Gasteiger partial charge in [0.2, 0.25) is 0 Å². The van der Waals surface area contributed by atoms with E-state index in [1.165, 1.54) is 6.42 Å². The normalized spacial score (nSPS) is 32.4. The van der Waals surface area contributed by atoms with E-state index in [1.807, 2.05) is 0 Å². The van der Waals surface area contributed by atoms with E-state index in [-0.39, 0.29) is 27.1 Å². The summed E-state index contributed by atoms with van der Waals surface area (Å²) in [5, 5.41) is 0. The zero-order valence-corrected chi connectivity index (χ0v) is 9.70. The molecule has 1 saturated carbocycles. The van der Waals surface area contributed by atoms with Crippen molar-refractivity contribution in [3.8, 4) is 0 Å². The molecule has 0 radical (unpaired) electrons. The molecule has 0 aromatic heterocycles. The van der Waals surface area contributed by atoms with E-state index < -0.39 is 0 Å². The number of rotatable bonds is 1. The van der Waals surface area contributed by atoms with Crippen LogP contribution in [0.15, 0.2) is 0 Å². The molecule has 10 heavy (non-hydrogen) atoms. The Labute approximate surface area is 78.0 Å². The zero-order chi connectivity index (χ0) is 6.85. The summed E-state index contributed by atoms with van der Waals surface area (Å²) >= 11 is 0. The predicted octanol–water partition coefficient (Wildman–Crippen LogP) is 2.86. The van der Waals surface area contributed by atoms with E-state index in [0.717, 1.165) is 24.7 Å². The SMILES string of the molecule is CC(C)C1CCC([NH-])C1.[W]. The van der Waals surface area contributed by atoms with Crippen molar-refractivity contribution in [3.63, 3.8) is 0 Å². The Morgan fingerprint density at radius 2 is 1.90 bits per heavy atom. The first-order valence-electron chi connectivity index (χ1n) is 3.91. The monoisotopic (exact) mass is 310 g/mol. The molecule has 0 aromatic carbocycles. The summed E-state index contributed by atoms with van der Waals surface area (Å²) < 4.78 is 0. The molecule has 0 amide bonds. The van der Waals surface area contributed by atoms with Crippen molar-refractivity contribution in [2.24, 2.45) is 11.8 Å². The van der Waals surface area contributed by atoms with Gasteiger partial charge in [-0.15, -0.1) is 6.04 Å². The minimum absolute atomic E-state index is 0. The second-order valence-corrected chi connectivity index (χ2v) is 3.51. The van der Waals surface area contributed by atoms with Crippen LogP contribution in [0.25, 0.3) is 5.73 Å². The maximum absolute atomic E-state index is 7.46. The average molecular weight is 310 g/mol. The molecule has 0 bridgehead atoms. The van der Waals surface area contributed by atoms with Gasteiger partial charge in [0, 0.05) is 21.1 Å². The van der Waals surface area contributed by atoms with Crippen LogP contribution in [0.2, 0.25) is 0 Å². The number of hydrogen-bond acceptors (Lipinski definition) is 0. The zero-order valence-electron chi connectivity index (χ0n) is 6.76. The van der Waals surface area contributed by atoms with Gasteiger partial charge in [-0.3, -0.25) is 0 Å². The van der Waals surface area contributed by atoms with Crippen molar-refractivity contribution >= 4 is 0 Å². The van der Waals surface area contributed by atoms with Crippen LogP contribution in [0.3, 0.4) is 0 Å². The Morgan fingerprint density at radius 3 is 2.10 bits per heavy atom. The van der Waals surface area contributed by atoms with Crippen molar-refractivity contribution in [1.29, 1.82) is 0 Å². The van der Waals surface area contributed by atoms with E-state index in [4.69, 9.17) is 5.73 Å². The summed E-state index contributed by atoms with van der Waals surface area (Å²) in [7, 11) is 0. The largest absolute Gasteiger partial charge is 0.675 e. The molecule has 0 aliphatic heterocycles. The average Bonchev–Trinajstić information content (AvgIpc) is 2.14. The summed E-state index contributed by atoms with van der Waals surface area (Å²) in [6.45, 7) is 4.53. The van der Waals surface area contributed by atoms with E-state index in [1.54, 1.807) is 0 Å². The number of nitrogens with one attached hydrogen (secondary N) is 1. The molecule has 0 aromatic rings. The van der Waals surface area contributed by atoms with Crippen molar-refractivity contribution in [2.75, 3.05) is 0 Å². The summed E-state index contributed by atoms with van der Waals surface area (Å²) in [5.74, 6) is 1.66. The van der Waals surface area contributed by atoms with Crippen molar-refractivity contribution < 1.29 is 21.1 Å². The molecule has 0 spiro atoms. The maximum atomic E-state index is 7.46. The maximum Gasteiger partial charge on any atom is 0 e. The molecule has 1 N–H and O–H groups in total. The second-order valence-electron chi connectivity index (χ2n) is 3.51. The third kappa shape index (κ3) is 2.72. The summed E-state index contributed by atoms with van der Waals surface area (Å²) in [4.78, 5) is 0. The molecule has 0 heterocycles. The molecule has 1 aliphatic carbocycles. The van der Waals surface area contributed by atoms with Crippen molar-refractivity contribution in [3.05, 3.63) is 5.73 Å². The fraction of sp³-hybridized carbons (Fsp3) is 1.00.